The number of pyridine rings is 1. The van der Waals surface area contributed by atoms with Gasteiger partial charge in [0.15, 0.2) is 5.56 Å². The number of nitrogens with zero attached hydrogens (tertiary/aromatic N) is 1. The van der Waals surface area contributed by atoms with Crippen molar-refractivity contribution in [1.82, 2.24) is 4.57 Å². The van der Waals surface area contributed by atoms with Crippen molar-refractivity contribution in [2.75, 3.05) is 11.5 Å². The molecule has 3 nitrogen and oxygen atoms in total. The fourth-order valence-electron chi connectivity index (χ4n) is 3.88. The van der Waals surface area contributed by atoms with E-state index in [0.29, 0.717) is 11.6 Å². The van der Waals surface area contributed by atoms with Crippen molar-refractivity contribution >= 4 is 28.2 Å². The van der Waals surface area contributed by atoms with E-state index in [-0.39, 0.29) is 24.4 Å². The first-order chi connectivity index (χ1) is 12.2. The number of nitrogens with two attached hydrogens (primary N) is 1. The Morgan fingerprint density at radius 1 is 1.15 bits per heavy atom. The predicted octanol–water partition coefficient (Wildman–Crippen LogP) is 1.17. The first-order valence-corrected chi connectivity index (χ1v) is 9.72. The van der Waals surface area contributed by atoms with E-state index in [0.717, 1.165) is 22.8 Å². The molecule has 1 saturated carbocycles. The Morgan fingerprint density at radius 3 is 2.73 bits per heavy atom. The van der Waals surface area contributed by atoms with Crippen LogP contribution in [0.1, 0.15) is 35.4 Å². The maximum absolute atomic E-state index is 12.7. The van der Waals surface area contributed by atoms with Crippen LogP contribution in [0.3, 0.4) is 0 Å². The van der Waals surface area contributed by atoms with Crippen LogP contribution >= 0.6 is 11.8 Å². The van der Waals surface area contributed by atoms with Gasteiger partial charge < -0.3 is 15.1 Å². The van der Waals surface area contributed by atoms with Gasteiger partial charge in [0, 0.05) is 5.69 Å². The summed E-state index contributed by atoms with van der Waals surface area (Å²) in [7, 11) is 0. The minimum absolute atomic E-state index is 0. The second kappa shape index (κ2) is 6.77. The minimum Gasteiger partial charge on any atom is -0.439 e. The van der Waals surface area contributed by atoms with Crippen LogP contribution in [0, 0.1) is 6.54 Å². The van der Waals surface area contributed by atoms with Crippen LogP contribution in [0.5, 0.6) is 0 Å². The Labute approximate surface area is 169 Å². The second-order valence-electron chi connectivity index (χ2n) is 6.87. The molecule has 0 radical (unpaired) electrons. The van der Waals surface area contributed by atoms with Crippen molar-refractivity contribution in [3.05, 3.63) is 76.1 Å². The molecule has 2 aliphatic rings. The number of hydrogen-bond donors (Lipinski definition) is 1. The van der Waals surface area contributed by atoms with E-state index in [4.69, 9.17) is 5.73 Å². The van der Waals surface area contributed by atoms with E-state index in [2.05, 4.69) is 42.5 Å². The van der Waals surface area contributed by atoms with E-state index in [1.807, 2.05) is 6.54 Å². The molecule has 0 amide bonds. The second-order valence-corrected chi connectivity index (χ2v) is 7.88. The molecule has 0 spiro atoms. The van der Waals surface area contributed by atoms with E-state index in [1.165, 1.54) is 34.7 Å². The molecular formula is C21H19LiN2OS. The van der Waals surface area contributed by atoms with Gasteiger partial charge in [0.25, 0.3) is 0 Å². The largest absolute Gasteiger partial charge is 1.00 e. The number of benzene rings is 2. The van der Waals surface area contributed by atoms with Crippen LogP contribution in [0.15, 0.2) is 52.3 Å². The molecule has 1 fully saturated rings. The maximum Gasteiger partial charge on any atom is 1.00 e. The van der Waals surface area contributed by atoms with E-state index >= 15 is 0 Å². The summed E-state index contributed by atoms with van der Waals surface area (Å²) in [5.74, 6) is 1.42. The van der Waals surface area contributed by atoms with Crippen LogP contribution in [-0.2, 0) is 6.42 Å². The van der Waals surface area contributed by atoms with Gasteiger partial charge in [-0.15, -0.1) is 6.54 Å². The molecular weight excluding hydrogens is 335 g/mol. The summed E-state index contributed by atoms with van der Waals surface area (Å²) in [6.45, 7) is 1.96. The standard InChI is InChI=1S/C21H19N2OS.Li/c22-19-17(12-15-6-3-5-13-4-1-2-7-16(13)15)18(14-8-9-14)21-23(20(19)24)10-11-25-21;/h1-7,10,14H,8-9,11-12,22H2;/q-1;+1. The van der Waals surface area contributed by atoms with Crippen LogP contribution in [0.4, 0.5) is 5.69 Å². The average molecular weight is 354 g/mol. The quantitative estimate of drug-likeness (QED) is 0.567. The summed E-state index contributed by atoms with van der Waals surface area (Å²) < 4.78 is 1.78. The first kappa shape index (κ1) is 17.7. The van der Waals surface area contributed by atoms with Crippen molar-refractivity contribution in [2.45, 2.75) is 30.2 Å². The number of rotatable bonds is 3. The van der Waals surface area contributed by atoms with E-state index in [1.54, 1.807) is 16.3 Å². The molecule has 5 rings (SSSR count). The molecule has 2 N–H and O–H groups in total. The molecule has 0 unspecified atom stereocenters. The molecule has 0 saturated heterocycles. The van der Waals surface area contributed by atoms with Gasteiger partial charge in [0.2, 0.25) is 0 Å². The third-order valence-corrected chi connectivity index (χ3v) is 6.26. The normalized spacial score (nSPS) is 15.4. The minimum atomic E-state index is -0.0559. The topological polar surface area (TPSA) is 48.0 Å². The molecule has 26 heavy (non-hydrogen) atoms. The van der Waals surface area contributed by atoms with Gasteiger partial charge in [-0.05, 0) is 57.9 Å². The van der Waals surface area contributed by atoms with Crippen LogP contribution < -0.4 is 30.2 Å². The van der Waals surface area contributed by atoms with Crippen molar-refractivity contribution in [1.29, 1.82) is 0 Å². The zero-order chi connectivity index (χ0) is 17.0. The Hall–Kier alpha value is -1.73. The average Bonchev–Trinajstić information content (AvgIpc) is 3.35. The van der Waals surface area contributed by atoms with E-state index in [9.17, 15) is 4.79 Å². The van der Waals surface area contributed by atoms with Gasteiger partial charge in [0.1, 0.15) is 0 Å². The van der Waals surface area contributed by atoms with Gasteiger partial charge in [0.05, 0.1) is 0 Å². The molecule has 0 bridgehead atoms. The molecule has 2 aromatic carbocycles. The molecule has 1 aliphatic carbocycles. The number of hydrogen-bond acceptors (Lipinski definition) is 3. The third kappa shape index (κ3) is 2.77. The van der Waals surface area contributed by atoms with Gasteiger partial charge in [-0.2, -0.15) is 11.8 Å². The monoisotopic (exact) mass is 354 g/mol. The number of nitrogen functional groups attached to an aromatic ring is 1. The Kier molecular flexibility index (Phi) is 4.60. The van der Waals surface area contributed by atoms with Crippen LogP contribution in [-0.4, -0.2) is 10.3 Å². The van der Waals surface area contributed by atoms with Crippen molar-refractivity contribution in [2.24, 2.45) is 0 Å². The predicted molar refractivity (Wildman–Crippen MR) is 104 cm³/mol. The number of thioether (sulfide) groups is 1. The third-order valence-electron chi connectivity index (χ3n) is 5.26. The maximum atomic E-state index is 12.7. The van der Waals surface area contributed by atoms with Gasteiger partial charge in [-0.1, -0.05) is 48.0 Å². The Bertz CT molecular complexity index is 1050. The number of anilines is 1. The number of fused-ring (bicyclic) bond motifs is 2. The van der Waals surface area contributed by atoms with Crippen molar-refractivity contribution in [3.8, 4) is 0 Å². The molecule has 5 heteroatoms. The van der Waals surface area contributed by atoms with Gasteiger partial charge >= 0.3 is 18.9 Å². The summed E-state index contributed by atoms with van der Waals surface area (Å²) in [5, 5.41) is 3.59. The van der Waals surface area contributed by atoms with Crippen molar-refractivity contribution < 1.29 is 18.9 Å². The van der Waals surface area contributed by atoms with Crippen LogP contribution in [0.25, 0.3) is 10.8 Å². The molecule has 0 atom stereocenters. The Balaban J connectivity index is 0.00000168. The van der Waals surface area contributed by atoms with Gasteiger partial charge in [-0.25, -0.2) is 0 Å². The van der Waals surface area contributed by atoms with E-state index < -0.39 is 0 Å². The first-order valence-electron chi connectivity index (χ1n) is 8.73. The smallest absolute Gasteiger partial charge is 0.439 e. The SMILES string of the molecule is Nc1c(Cc2cccc3ccccc23)c(C2CC2)c2n(c1=O)[CH-]CS2.[Li+]. The molecule has 1 aromatic heterocycles. The summed E-state index contributed by atoms with van der Waals surface area (Å²) in [6, 6.07) is 14.8. The van der Waals surface area contributed by atoms with Crippen LogP contribution in [0.2, 0.25) is 0 Å². The Morgan fingerprint density at radius 2 is 1.92 bits per heavy atom. The molecule has 1 aliphatic heterocycles. The fraction of sp³-hybridized carbons (Fsp3) is 0.238. The summed E-state index contributed by atoms with van der Waals surface area (Å²) >= 11 is 1.77. The number of aromatic nitrogens is 1. The molecule has 2 heterocycles. The molecule has 3 aromatic rings. The van der Waals surface area contributed by atoms with Crippen molar-refractivity contribution in [3.63, 3.8) is 0 Å². The molecule has 126 valence electrons. The summed E-state index contributed by atoms with van der Waals surface area (Å²) in [5.41, 5.74) is 10.3. The zero-order valence-corrected chi connectivity index (χ0v) is 15.7. The summed E-state index contributed by atoms with van der Waals surface area (Å²) in [4.78, 5) is 12.7. The van der Waals surface area contributed by atoms with Gasteiger partial charge in [-0.3, -0.25) is 0 Å². The summed E-state index contributed by atoms with van der Waals surface area (Å²) in [6.07, 6.45) is 3.13. The zero-order valence-electron chi connectivity index (χ0n) is 14.9. The fourth-order valence-corrected chi connectivity index (χ4v) is 5.00.